The summed E-state index contributed by atoms with van der Waals surface area (Å²) in [6, 6.07) is 4.23. The summed E-state index contributed by atoms with van der Waals surface area (Å²) >= 11 is 1.78. The second-order valence-electron chi connectivity index (χ2n) is 5.36. The minimum Gasteiger partial charge on any atom is -0.356 e. The summed E-state index contributed by atoms with van der Waals surface area (Å²) in [4.78, 5) is 17.0. The zero-order valence-electron chi connectivity index (χ0n) is 13.1. The number of guanidine groups is 1. The molecule has 0 spiro atoms. The summed E-state index contributed by atoms with van der Waals surface area (Å²) < 4.78 is 0. The molecular formula is C15H25IN4OS. The van der Waals surface area contributed by atoms with Gasteiger partial charge < -0.3 is 16.0 Å². The molecule has 1 amide bonds. The Hall–Kier alpha value is -0.830. The van der Waals surface area contributed by atoms with Gasteiger partial charge in [-0.05, 0) is 24.3 Å². The Morgan fingerprint density at radius 2 is 2.09 bits per heavy atom. The summed E-state index contributed by atoms with van der Waals surface area (Å²) in [7, 11) is 1.76. The molecular weight excluding hydrogens is 411 g/mol. The number of hydrogen-bond acceptors (Lipinski definition) is 3. The third-order valence-electron chi connectivity index (χ3n) is 3.49. The lowest BCUT2D eigenvalue weighted by atomic mass is 10.1. The van der Waals surface area contributed by atoms with Gasteiger partial charge in [-0.2, -0.15) is 0 Å². The second-order valence-corrected chi connectivity index (χ2v) is 6.34. The molecule has 1 fully saturated rings. The molecule has 0 bridgehead atoms. The zero-order valence-corrected chi connectivity index (χ0v) is 16.2. The van der Waals surface area contributed by atoms with Gasteiger partial charge in [-0.3, -0.25) is 9.79 Å². The van der Waals surface area contributed by atoms with Crippen molar-refractivity contribution in [3.8, 4) is 0 Å². The molecule has 124 valence electrons. The van der Waals surface area contributed by atoms with E-state index in [4.69, 9.17) is 0 Å². The molecule has 7 heteroatoms. The molecule has 1 saturated carbocycles. The quantitative estimate of drug-likeness (QED) is 0.266. The monoisotopic (exact) mass is 436 g/mol. The highest BCUT2D eigenvalue weighted by Gasteiger charge is 2.28. The SMILES string of the molecule is CN=C(NCCNC(=O)C1CC1)NCC(C)c1cccs1.I. The average Bonchev–Trinajstić information content (AvgIpc) is 3.20. The maximum Gasteiger partial charge on any atom is 0.223 e. The van der Waals surface area contributed by atoms with Crippen LogP contribution in [0.4, 0.5) is 0 Å². The van der Waals surface area contributed by atoms with E-state index in [-0.39, 0.29) is 35.8 Å². The van der Waals surface area contributed by atoms with Crippen molar-refractivity contribution in [3.63, 3.8) is 0 Å². The van der Waals surface area contributed by atoms with Gasteiger partial charge in [-0.1, -0.05) is 13.0 Å². The minimum atomic E-state index is 0. The van der Waals surface area contributed by atoms with Gasteiger partial charge in [0.1, 0.15) is 0 Å². The Labute approximate surface area is 153 Å². The van der Waals surface area contributed by atoms with Gasteiger partial charge in [0, 0.05) is 43.4 Å². The average molecular weight is 436 g/mol. The minimum absolute atomic E-state index is 0. The standard InChI is InChI=1S/C15H24N4OS.HI/c1-11(13-4-3-9-21-13)10-19-15(16-2)18-8-7-17-14(20)12-5-6-12;/h3-4,9,11-12H,5-8,10H2,1-2H3,(H,17,20)(H2,16,18,19);1H. The number of carbonyl (C=O) groups excluding carboxylic acids is 1. The zero-order chi connectivity index (χ0) is 15.1. The number of hydrogen-bond donors (Lipinski definition) is 3. The first-order valence-electron chi connectivity index (χ1n) is 7.46. The van der Waals surface area contributed by atoms with E-state index in [9.17, 15) is 4.79 Å². The molecule has 2 rings (SSSR count). The molecule has 3 N–H and O–H groups in total. The second kappa shape index (κ2) is 10.0. The first kappa shape index (κ1) is 19.2. The van der Waals surface area contributed by atoms with Gasteiger partial charge in [0.05, 0.1) is 0 Å². The van der Waals surface area contributed by atoms with E-state index < -0.39 is 0 Å². The van der Waals surface area contributed by atoms with Crippen molar-refractivity contribution in [1.82, 2.24) is 16.0 Å². The molecule has 5 nitrogen and oxygen atoms in total. The summed E-state index contributed by atoms with van der Waals surface area (Å²) in [6.07, 6.45) is 2.09. The van der Waals surface area contributed by atoms with E-state index in [1.807, 2.05) is 0 Å². The van der Waals surface area contributed by atoms with Crippen molar-refractivity contribution in [2.24, 2.45) is 10.9 Å². The summed E-state index contributed by atoms with van der Waals surface area (Å²) in [5.41, 5.74) is 0. The highest BCUT2D eigenvalue weighted by molar-refractivity contribution is 14.0. The van der Waals surface area contributed by atoms with Crippen LogP contribution in [0, 0.1) is 5.92 Å². The first-order chi connectivity index (χ1) is 10.2. The van der Waals surface area contributed by atoms with Gasteiger partial charge in [0.2, 0.25) is 5.91 Å². The topological polar surface area (TPSA) is 65.5 Å². The van der Waals surface area contributed by atoms with E-state index in [1.165, 1.54) is 4.88 Å². The number of nitrogens with one attached hydrogen (secondary N) is 3. The van der Waals surface area contributed by atoms with Gasteiger partial charge in [-0.15, -0.1) is 35.3 Å². The summed E-state index contributed by atoms with van der Waals surface area (Å²) in [5, 5.41) is 11.6. The van der Waals surface area contributed by atoms with Gasteiger partial charge in [-0.25, -0.2) is 0 Å². The maximum atomic E-state index is 11.5. The van der Waals surface area contributed by atoms with Crippen LogP contribution in [0.25, 0.3) is 0 Å². The van der Waals surface area contributed by atoms with Gasteiger partial charge in [0.15, 0.2) is 5.96 Å². The molecule has 0 aromatic carbocycles. The number of nitrogens with zero attached hydrogens (tertiary/aromatic N) is 1. The molecule has 1 aromatic heterocycles. The maximum absolute atomic E-state index is 11.5. The number of aliphatic imine (C=N–C) groups is 1. The van der Waals surface area contributed by atoms with E-state index in [0.717, 1.165) is 25.3 Å². The Kier molecular flexibility index (Phi) is 8.77. The number of rotatable bonds is 7. The van der Waals surface area contributed by atoms with E-state index in [2.05, 4.69) is 45.4 Å². The summed E-state index contributed by atoms with van der Waals surface area (Å²) in [5.74, 6) is 1.69. The van der Waals surface area contributed by atoms with Crippen molar-refractivity contribution in [2.75, 3.05) is 26.7 Å². The van der Waals surface area contributed by atoms with Crippen molar-refractivity contribution in [3.05, 3.63) is 22.4 Å². The molecule has 1 aliphatic carbocycles. The van der Waals surface area contributed by atoms with Crippen LogP contribution in [0.3, 0.4) is 0 Å². The Morgan fingerprint density at radius 3 is 2.68 bits per heavy atom. The lowest BCUT2D eigenvalue weighted by Crippen LogP contribution is -2.42. The van der Waals surface area contributed by atoms with E-state index >= 15 is 0 Å². The number of halogens is 1. The molecule has 1 heterocycles. The van der Waals surface area contributed by atoms with Crippen LogP contribution in [-0.4, -0.2) is 38.5 Å². The number of carbonyl (C=O) groups is 1. The lowest BCUT2D eigenvalue weighted by molar-refractivity contribution is -0.122. The van der Waals surface area contributed by atoms with Crippen LogP contribution >= 0.6 is 35.3 Å². The first-order valence-corrected chi connectivity index (χ1v) is 8.34. The Bertz CT molecular complexity index is 474. The van der Waals surface area contributed by atoms with Crippen LogP contribution in [-0.2, 0) is 4.79 Å². The van der Waals surface area contributed by atoms with Crippen molar-refractivity contribution in [2.45, 2.75) is 25.7 Å². The fourth-order valence-electron chi connectivity index (χ4n) is 2.00. The predicted molar refractivity (Wildman–Crippen MR) is 103 cm³/mol. The van der Waals surface area contributed by atoms with E-state index in [1.54, 1.807) is 18.4 Å². The van der Waals surface area contributed by atoms with Crippen LogP contribution in [0.5, 0.6) is 0 Å². The lowest BCUT2D eigenvalue weighted by Gasteiger charge is -2.15. The number of thiophene rings is 1. The van der Waals surface area contributed by atoms with Gasteiger partial charge >= 0.3 is 0 Å². The van der Waals surface area contributed by atoms with Gasteiger partial charge in [0.25, 0.3) is 0 Å². The van der Waals surface area contributed by atoms with Crippen LogP contribution in [0.1, 0.15) is 30.6 Å². The Balaban J connectivity index is 0.00000242. The molecule has 1 unspecified atom stereocenters. The van der Waals surface area contributed by atoms with Crippen LogP contribution < -0.4 is 16.0 Å². The molecule has 0 saturated heterocycles. The Morgan fingerprint density at radius 1 is 1.36 bits per heavy atom. The molecule has 0 aliphatic heterocycles. The van der Waals surface area contributed by atoms with Crippen LogP contribution in [0.15, 0.2) is 22.5 Å². The molecule has 1 aliphatic rings. The van der Waals surface area contributed by atoms with Crippen molar-refractivity contribution < 1.29 is 4.79 Å². The smallest absolute Gasteiger partial charge is 0.223 e. The summed E-state index contributed by atoms with van der Waals surface area (Å²) in [6.45, 7) is 4.36. The highest BCUT2D eigenvalue weighted by atomic mass is 127. The molecule has 22 heavy (non-hydrogen) atoms. The number of amides is 1. The van der Waals surface area contributed by atoms with Crippen molar-refractivity contribution in [1.29, 1.82) is 0 Å². The molecule has 1 atom stereocenters. The fourth-order valence-corrected chi connectivity index (χ4v) is 2.79. The van der Waals surface area contributed by atoms with Crippen molar-refractivity contribution >= 4 is 47.2 Å². The third kappa shape index (κ3) is 6.51. The molecule has 1 aromatic rings. The highest BCUT2D eigenvalue weighted by Crippen LogP contribution is 2.28. The third-order valence-corrected chi connectivity index (χ3v) is 4.60. The predicted octanol–water partition coefficient (Wildman–Crippen LogP) is 2.16. The molecule has 0 radical (unpaired) electrons. The normalized spacial score (nSPS) is 15.6. The fraction of sp³-hybridized carbons (Fsp3) is 0.600. The van der Waals surface area contributed by atoms with Crippen LogP contribution in [0.2, 0.25) is 0 Å². The van der Waals surface area contributed by atoms with E-state index in [0.29, 0.717) is 19.0 Å². The largest absolute Gasteiger partial charge is 0.356 e.